The smallest absolute Gasteiger partial charge is 0.161 e. The molecule has 1 aliphatic rings. The number of pyridine rings is 1. The summed E-state index contributed by atoms with van der Waals surface area (Å²) in [6, 6.07) is 16.2. The number of nitrogens with zero attached hydrogens (tertiary/aromatic N) is 2. The number of anilines is 1. The van der Waals surface area contributed by atoms with Gasteiger partial charge in [-0.2, -0.15) is 5.26 Å². The van der Waals surface area contributed by atoms with E-state index in [4.69, 9.17) is 15.2 Å². The molecule has 1 aromatic heterocycles. The van der Waals surface area contributed by atoms with E-state index >= 15 is 0 Å². The first-order valence-corrected chi connectivity index (χ1v) is 9.21. The van der Waals surface area contributed by atoms with Crippen molar-refractivity contribution in [2.24, 2.45) is 0 Å². The lowest BCUT2D eigenvalue weighted by Crippen LogP contribution is -2.05. The van der Waals surface area contributed by atoms with Crippen molar-refractivity contribution < 1.29 is 9.47 Å². The number of fused-ring (bicyclic) bond motifs is 3. The Morgan fingerprint density at radius 3 is 2.57 bits per heavy atom. The highest BCUT2D eigenvalue weighted by atomic mass is 16.5. The van der Waals surface area contributed by atoms with Gasteiger partial charge in [0.25, 0.3) is 0 Å². The number of nitriles is 1. The van der Waals surface area contributed by atoms with Gasteiger partial charge in [0, 0.05) is 11.1 Å². The summed E-state index contributed by atoms with van der Waals surface area (Å²) in [5, 5.41) is 9.80. The van der Waals surface area contributed by atoms with Crippen molar-refractivity contribution in [2.45, 2.75) is 19.3 Å². The number of nitrogen functional groups attached to an aromatic ring is 1. The molecule has 3 aromatic rings. The van der Waals surface area contributed by atoms with Crippen LogP contribution in [0.2, 0.25) is 0 Å². The molecule has 28 heavy (non-hydrogen) atoms. The molecule has 2 N–H and O–H groups in total. The van der Waals surface area contributed by atoms with E-state index in [2.05, 4.69) is 23.2 Å². The molecule has 0 saturated heterocycles. The van der Waals surface area contributed by atoms with Gasteiger partial charge in [-0.15, -0.1) is 0 Å². The highest BCUT2D eigenvalue weighted by Crippen LogP contribution is 2.42. The van der Waals surface area contributed by atoms with E-state index in [-0.39, 0.29) is 5.82 Å². The number of ether oxygens (including phenoxy) is 2. The molecule has 0 unspecified atom stereocenters. The normalized spacial score (nSPS) is 12.3. The fourth-order valence-corrected chi connectivity index (χ4v) is 3.96. The van der Waals surface area contributed by atoms with Gasteiger partial charge in [0.05, 0.1) is 19.9 Å². The minimum atomic E-state index is 0.253. The number of aromatic nitrogens is 1. The van der Waals surface area contributed by atoms with Crippen LogP contribution < -0.4 is 15.2 Å². The van der Waals surface area contributed by atoms with Gasteiger partial charge in [-0.05, 0) is 54.2 Å². The number of hydrogen-bond acceptors (Lipinski definition) is 5. The first-order valence-electron chi connectivity index (χ1n) is 9.21. The maximum Gasteiger partial charge on any atom is 0.161 e. The van der Waals surface area contributed by atoms with Gasteiger partial charge < -0.3 is 15.2 Å². The number of methoxy groups -OCH3 is 2. The van der Waals surface area contributed by atoms with E-state index in [1.807, 2.05) is 30.3 Å². The molecule has 0 radical (unpaired) electrons. The second kappa shape index (κ2) is 7.24. The molecule has 0 atom stereocenters. The van der Waals surface area contributed by atoms with Gasteiger partial charge in [-0.25, -0.2) is 4.98 Å². The SMILES string of the molecule is COc1ccc(-c2nc(N)c(C#N)c3c2CCCc2ccccc2-3)cc1OC. The number of benzene rings is 2. The number of aryl methyl sites for hydroxylation is 1. The third-order valence-corrected chi connectivity index (χ3v) is 5.25. The Balaban J connectivity index is 2.03. The Morgan fingerprint density at radius 1 is 1.04 bits per heavy atom. The molecule has 5 heteroatoms. The quantitative estimate of drug-likeness (QED) is 0.739. The maximum atomic E-state index is 9.80. The molecule has 1 heterocycles. The van der Waals surface area contributed by atoms with Crippen LogP contribution in [0.4, 0.5) is 5.82 Å². The summed E-state index contributed by atoms with van der Waals surface area (Å²) >= 11 is 0. The van der Waals surface area contributed by atoms with Crippen LogP contribution >= 0.6 is 0 Å². The fourth-order valence-electron chi connectivity index (χ4n) is 3.96. The van der Waals surface area contributed by atoms with Crippen LogP contribution in [-0.2, 0) is 12.8 Å². The Bertz CT molecular complexity index is 1100. The van der Waals surface area contributed by atoms with E-state index in [0.29, 0.717) is 17.1 Å². The van der Waals surface area contributed by atoms with Crippen LogP contribution in [-0.4, -0.2) is 19.2 Å². The molecule has 4 rings (SSSR count). The lowest BCUT2D eigenvalue weighted by atomic mass is 9.90. The lowest BCUT2D eigenvalue weighted by Gasteiger charge is -2.17. The highest BCUT2D eigenvalue weighted by molar-refractivity contribution is 5.86. The number of hydrogen-bond donors (Lipinski definition) is 1. The van der Waals surface area contributed by atoms with Crippen molar-refractivity contribution in [3.05, 3.63) is 59.2 Å². The summed E-state index contributed by atoms with van der Waals surface area (Å²) in [7, 11) is 3.22. The number of nitrogens with two attached hydrogens (primary N) is 1. The minimum absolute atomic E-state index is 0.253. The molecule has 0 fully saturated rings. The van der Waals surface area contributed by atoms with Crippen molar-refractivity contribution in [3.63, 3.8) is 0 Å². The zero-order valence-electron chi connectivity index (χ0n) is 16.0. The van der Waals surface area contributed by atoms with Crippen molar-refractivity contribution >= 4 is 5.82 Å². The van der Waals surface area contributed by atoms with E-state index in [1.54, 1.807) is 14.2 Å². The van der Waals surface area contributed by atoms with Crippen molar-refractivity contribution in [1.82, 2.24) is 4.98 Å². The van der Waals surface area contributed by atoms with Gasteiger partial charge in [0.2, 0.25) is 0 Å². The van der Waals surface area contributed by atoms with Crippen molar-refractivity contribution in [1.29, 1.82) is 5.26 Å². The van der Waals surface area contributed by atoms with Crippen LogP contribution in [0.25, 0.3) is 22.4 Å². The topological polar surface area (TPSA) is 81.2 Å². The molecule has 0 saturated carbocycles. The van der Waals surface area contributed by atoms with E-state index < -0.39 is 0 Å². The zero-order chi connectivity index (χ0) is 19.7. The predicted octanol–water partition coefficient (Wildman–Crippen LogP) is 4.38. The second-order valence-electron chi connectivity index (χ2n) is 6.77. The third kappa shape index (κ3) is 2.84. The van der Waals surface area contributed by atoms with Crippen LogP contribution in [0.5, 0.6) is 11.5 Å². The maximum absolute atomic E-state index is 9.80. The number of rotatable bonds is 3. The Hall–Kier alpha value is -3.52. The van der Waals surface area contributed by atoms with Gasteiger partial charge in [-0.1, -0.05) is 24.3 Å². The van der Waals surface area contributed by atoms with Crippen LogP contribution in [0, 0.1) is 11.3 Å². The first-order chi connectivity index (χ1) is 13.7. The molecule has 0 aliphatic heterocycles. The van der Waals surface area contributed by atoms with E-state index in [0.717, 1.165) is 47.2 Å². The summed E-state index contributed by atoms with van der Waals surface area (Å²) in [6.45, 7) is 0. The average molecular weight is 371 g/mol. The summed E-state index contributed by atoms with van der Waals surface area (Å²) in [5.41, 5.74) is 12.7. The van der Waals surface area contributed by atoms with Crippen LogP contribution in [0.1, 0.15) is 23.1 Å². The van der Waals surface area contributed by atoms with Crippen molar-refractivity contribution in [3.8, 4) is 40.0 Å². The van der Waals surface area contributed by atoms with Crippen LogP contribution in [0.15, 0.2) is 42.5 Å². The molecule has 0 bridgehead atoms. The molecule has 5 nitrogen and oxygen atoms in total. The second-order valence-corrected chi connectivity index (χ2v) is 6.77. The molecule has 1 aliphatic carbocycles. The predicted molar refractivity (Wildman–Crippen MR) is 109 cm³/mol. The summed E-state index contributed by atoms with van der Waals surface area (Å²) in [5.74, 6) is 1.54. The Kier molecular flexibility index (Phi) is 4.62. The molecule has 2 aromatic carbocycles. The summed E-state index contributed by atoms with van der Waals surface area (Å²) in [4.78, 5) is 4.63. The lowest BCUT2D eigenvalue weighted by molar-refractivity contribution is 0.355. The van der Waals surface area contributed by atoms with Crippen LogP contribution in [0.3, 0.4) is 0 Å². The van der Waals surface area contributed by atoms with E-state index in [9.17, 15) is 5.26 Å². The molecule has 140 valence electrons. The monoisotopic (exact) mass is 371 g/mol. The minimum Gasteiger partial charge on any atom is -0.493 e. The molecule has 0 spiro atoms. The summed E-state index contributed by atoms with van der Waals surface area (Å²) in [6.07, 6.45) is 2.78. The average Bonchev–Trinajstić information content (AvgIpc) is 2.92. The molecular formula is C23H21N3O2. The fraction of sp³-hybridized carbons (Fsp3) is 0.217. The van der Waals surface area contributed by atoms with Gasteiger partial charge >= 0.3 is 0 Å². The highest BCUT2D eigenvalue weighted by Gasteiger charge is 2.24. The third-order valence-electron chi connectivity index (χ3n) is 5.25. The van der Waals surface area contributed by atoms with Gasteiger partial charge in [0.15, 0.2) is 11.5 Å². The first kappa shape index (κ1) is 17.9. The van der Waals surface area contributed by atoms with E-state index in [1.165, 1.54) is 5.56 Å². The van der Waals surface area contributed by atoms with Gasteiger partial charge in [-0.3, -0.25) is 0 Å². The molecule has 0 amide bonds. The largest absolute Gasteiger partial charge is 0.493 e. The molecular weight excluding hydrogens is 350 g/mol. The standard InChI is InChI=1S/C23H21N3O2/c1-27-19-11-10-15(12-20(19)28-2)22-17-9-5-7-14-6-3-4-8-16(14)21(17)18(13-24)23(25)26-22/h3-4,6,8,10-12H,5,7,9H2,1-2H3,(H2,25,26). The zero-order valence-corrected chi connectivity index (χ0v) is 16.0. The Morgan fingerprint density at radius 2 is 1.82 bits per heavy atom. The summed E-state index contributed by atoms with van der Waals surface area (Å²) < 4.78 is 10.8. The van der Waals surface area contributed by atoms with Crippen molar-refractivity contribution in [2.75, 3.05) is 20.0 Å². The van der Waals surface area contributed by atoms with Gasteiger partial charge in [0.1, 0.15) is 17.5 Å². The Labute approximate surface area is 164 Å².